The van der Waals surface area contributed by atoms with Crippen molar-refractivity contribution >= 4 is 37.6 Å². The monoisotopic (exact) mass is 432 g/mol. The Morgan fingerprint density at radius 2 is 2.13 bits per heavy atom. The minimum atomic E-state index is -3.67. The SMILES string of the molecule is COc1ccc(C2(CBr)OCC(CO)O2)c(Cl)c1.CS(=O)(=O)O. The number of hydrogen-bond acceptors (Lipinski definition) is 6. The molecular weight excluding hydrogens is 416 g/mol. The minimum absolute atomic E-state index is 0.0808. The van der Waals surface area contributed by atoms with Gasteiger partial charge in [-0.15, -0.1) is 0 Å². The van der Waals surface area contributed by atoms with Crippen molar-refractivity contribution in [3.63, 3.8) is 0 Å². The van der Waals surface area contributed by atoms with E-state index < -0.39 is 15.9 Å². The molecule has 1 saturated heterocycles. The molecule has 0 spiro atoms. The Labute approximate surface area is 148 Å². The molecule has 1 aliphatic rings. The van der Waals surface area contributed by atoms with Gasteiger partial charge in [-0.25, -0.2) is 0 Å². The lowest BCUT2D eigenvalue weighted by Gasteiger charge is -2.27. The van der Waals surface area contributed by atoms with E-state index in [9.17, 15) is 8.42 Å². The molecule has 1 fully saturated rings. The van der Waals surface area contributed by atoms with Gasteiger partial charge in [-0.2, -0.15) is 8.42 Å². The predicted octanol–water partition coefficient (Wildman–Crippen LogP) is 1.81. The van der Waals surface area contributed by atoms with Gasteiger partial charge in [0.15, 0.2) is 0 Å². The van der Waals surface area contributed by atoms with Gasteiger partial charge in [0.2, 0.25) is 5.79 Å². The summed E-state index contributed by atoms with van der Waals surface area (Å²) in [6, 6.07) is 5.31. The molecule has 23 heavy (non-hydrogen) atoms. The third-order valence-corrected chi connectivity index (χ3v) is 3.88. The van der Waals surface area contributed by atoms with E-state index >= 15 is 0 Å². The van der Waals surface area contributed by atoms with Crippen molar-refractivity contribution in [1.82, 2.24) is 0 Å². The van der Waals surface area contributed by atoms with Crippen LogP contribution in [0.2, 0.25) is 5.02 Å². The topological polar surface area (TPSA) is 102 Å². The maximum Gasteiger partial charge on any atom is 0.261 e. The van der Waals surface area contributed by atoms with Crippen molar-refractivity contribution in [2.75, 3.05) is 31.9 Å². The van der Waals surface area contributed by atoms with Gasteiger partial charge in [0, 0.05) is 5.56 Å². The number of halogens is 2. The Bertz CT molecular complexity index is 617. The molecule has 0 amide bonds. The zero-order valence-electron chi connectivity index (χ0n) is 12.5. The summed E-state index contributed by atoms with van der Waals surface area (Å²) >= 11 is 9.60. The summed E-state index contributed by atoms with van der Waals surface area (Å²) in [5.74, 6) is -0.276. The Morgan fingerprint density at radius 3 is 2.52 bits per heavy atom. The molecule has 2 unspecified atom stereocenters. The number of methoxy groups -OCH3 is 1. The lowest BCUT2D eigenvalue weighted by atomic mass is 10.1. The van der Waals surface area contributed by atoms with E-state index in [0.717, 1.165) is 5.56 Å². The van der Waals surface area contributed by atoms with Crippen LogP contribution < -0.4 is 4.74 Å². The molecule has 7 nitrogen and oxygen atoms in total. The first-order valence-corrected chi connectivity index (χ1v) is 9.75. The molecule has 132 valence electrons. The highest BCUT2D eigenvalue weighted by molar-refractivity contribution is 9.09. The second kappa shape index (κ2) is 8.61. The van der Waals surface area contributed by atoms with Crippen molar-refractivity contribution in [1.29, 1.82) is 0 Å². The number of alkyl halides is 1. The van der Waals surface area contributed by atoms with Crippen LogP contribution >= 0.6 is 27.5 Å². The number of ether oxygens (including phenoxy) is 3. The number of aliphatic hydroxyl groups is 1. The summed E-state index contributed by atoms with van der Waals surface area (Å²) < 4.78 is 42.4. The highest BCUT2D eigenvalue weighted by Crippen LogP contribution is 2.40. The molecule has 2 atom stereocenters. The zero-order valence-corrected chi connectivity index (χ0v) is 15.7. The number of aliphatic hydroxyl groups excluding tert-OH is 1. The molecule has 10 heteroatoms. The highest BCUT2D eigenvalue weighted by Gasteiger charge is 2.43. The van der Waals surface area contributed by atoms with Crippen molar-refractivity contribution in [3.05, 3.63) is 28.8 Å². The molecule has 0 saturated carbocycles. The predicted molar refractivity (Wildman–Crippen MR) is 88.9 cm³/mol. The first-order chi connectivity index (χ1) is 10.6. The second-order valence-corrected chi connectivity index (χ2v) is 7.13. The number of benzene rings is 1. The van der Waals surface area contributed by atoms with E-state index in [1.807, 2.05) is 6.07 Å². The molecule has 2 rings (SSSR count). The van der Waals surface area contributed by atoms with Gasteiger partial charge >= 0.3 is 0 Å². The van der Waals surface area contributed by atoms with Gasteiger partial charge in [-0.1, -0.05) is 27.5 Å². The normalized spacial score (nSPS) is 24.0. The van der Waals surface area contributed by atoms with E-state index in [-0.39, 0.29) is 12.7 Å². The largest absolute Gasteiger partial charge is 0.497 e. The summed E-state index contributed by atoms with van der Waals surface area (Å²) in [5.41, 5.74) is 0.720. The quantitative estimate of drug-likeness (QED) is 0.551. The molecule has 0 bridgehead atoms. The molecule has 1 aromatic carbocycles. The highest BCUT2D eigenvalue weighted by atomic mass is 79.9. The van der Waals surface area contributed by atoms with E-state index in [2.05, 4.69) is 15.9 Å². The lowest BCUT2D eigenvalue weighted by Crippen LogP contribution is -2.31. The molecule has 1 aromatic rings. The lowest BCUT2D eigenvalue weighted by molar-refractivity contribution is -0.160. The maximum atomic E-state index is 9.19. The van der Waals surface area contributed by atoms with Gasteiger partial charge in [-0.3, -0.25) is 4.55 Å². The van der Waals surface area contributed by atoms with Gasteiger partial charge in [0.05, 0.1) is 36.9 Å². The summed E-state index contributed by atoms with van der Waals surface area (Å²) in [6.45, 7) is 0.257. The van der Waals surface area contributed by atoms with Gasteiger partial charge in [0.25, 0.3) is 10.1 Å². The Morgan fingerprint density at radius 1 is 1.52 bits per heavy atom. The van der Waals surface area contributed by atoms with Crippen LogP contribution in [0.3, 0.4) is 0 Å². The third-order valence-electron chi connectivity index (χ3n) is 2.83. The minimum Gasteiger partial charge on any atom is -0.497 e. The van der Waals surface area contributed by atoms with Crippen LogP contribution in [0.4, 0.5) is 0 Å². The Hall–Kier alpha value is -0.420. The fourth-order valence-electron chi connectivity index (χ4n) is 1.87. The molecular formula is C13H18BrClO7S. The maximum absolute atomic E-state index is 9.19. The molecule has 2 N–H and O–H groups in total. The second-order valence-electron chi connectivity index (χ2n) is 4.70. The first-order valence-electron chi connectivity index (χ1n) is 6.40. The van der Waals surface area contributed by atoms with Crippen molar-refractivity contribution in [2.24, 2.45) is 0 Å². The van der Waals surface area contributed by atoms with Gasteiger partial charge in [-0.05, 0) is 18.2 Å². The Balaban J connectivity index is 0.000000463. The summed E-state index contributed by atoms with van der Waals surface area (Å²) in [7, 11) is -2.09. The zero-order chi connectivity index (χ0) is 17.7. The third kappa shape index (κ3) is 6.18. The summed E-state index contributed by atoms with van der Waals surface area (Å²) in [6.07, 6.45) is 0.383. The molecule has 1 heterocycles. The van der Waals surface area contributed by atoms with Crippen LogP contribution in [-0.2, 0) is 25.4 Å². The Kier molecular flexibility index (Phi) is 7.72. The molecule has 0 aliphatic carbocycles. The van der Waals surface area contributed by atoms with E-state index in [0.29, 0.717) is 29.0 Å². The van der Waals surface area contributed by atoms with Crippen LogP contribution in [0.25, 0.3) is 0 Å². The van der Waals surface area contributed by atoms with E-state index in [4.69, 9.17) is 35.5 Å². The van der Waals surface area contributed by atoms with Crippen LogP contribution in [0.15, 0.2) is 18.2 Å². The molecule has 0 aromatic heterocycles. The molecule has 0 radical (unpaired) electrons. The summed E-state index contributed by atoms with van der Waals surface area (Å²) in [5, 5.41) is 10.1. The van der Waals surface area contributed by atoms with Crippen molar-refractivity contribution in [2.45, 2.75) is 11.9 Å². The van der Waals surface area contributed by atoms with E-state index in [1.165, 1.54) is 0 Å². The summed E-state index contributed by atoms with van der Waals surface area (Å²) in [4.78, 5) is 0. The average molecular weight is 434 g/mol. The van der Waals surface area contributed by atoms with Crippen LogP contribution in [0.5, 0.6) is 5.75 Å². The van der Waals surface area contributed by atoms with Crippen LogP contribution in [0.1, 0.15) is 5.56 Å². The fourth-order valence-corrected chi connectivity index (χ4v) is 2.78. The van der Waals surface area contributed by atoms with Crippen molar-refractivity contribution < 1.29 is 32.3 Å². The van der Waals surface area contributed by atoms with Gasteiger partial charge < -0.3 is 19.3 Å². The smallest absolute Gasteiger partial charge is 0.261 e. The van der Waals surface area contributed by atoms with E-state index in [1.54, 1.807) is 19.2 Å². The van der Waals surface area contributed by atoms with Gasteiger partial charge in [0.1, 0.15) is 11.9 Å². The number of hydrogen-bond donors (Lipinski definition) is 2. The average Bonchev–Trinajstić information content (AvgIpc) is 2.90. The molecule has 1 aliphatic heterocycles. The standard InChI is InChI=1S/C12H14BrClO4.CH4O3S/c1-16-8-2-3-10(11(14)4-8)12(7-13)17-6-9(5-15)18-12;1-5(2,3)4/h2-4,9,15H,5-7H2,1H3;1H3,(H,2,3,4). The first kappa shape index (κ1) is 20.6. The van der Waals surface area contributed by atoms with Crippen LogP contribution in [-0.4, -0.2) is 56.1 Å². The van der Waals surface area contributed by atoms with Crippen LogP contribution in [0, 0.1) is 0 Å². The fraction of sp³-hybridized carbons (Fsp3) is 0.538. The van der Waals surface area contributed by atoms with Crippen molar-refractivity contribution in [3.8, 4) is 5.75 Å². The number of rotatable bonds is 4.